The number of nitrogens with one attached hydrogen (secondary N) is 1. The van der Waals surface area contributed by atoms with Crippen LogP contribution in [-0.2, 0) is 16.1 Å². The number of anilines is 1. The fourth-order valence-corrected chi connectivity index (χ4v) is 1.89. The molecule has 19 heavy (non-hydrogen) atoms. The first kappa shape index (κ1) is 15.4. The highest BCUT2D eigenvalue weighted by molar-refractivity contribution is 6.03. The number of Topliss-reactive ketones (excluding diaryl/α,β-unsaturated/α-hetero) is 1. The number of para-hydroxylation sites is 1. The van der Waals surface area contributed by atoms with Gasteiger partial charge in [-0.05, 0) is 31.6 Å². The number of rotatable bonds is 7. The van der Waals surface area contributed by atoms with Crippen LogP contribution in [0, 0.1) is 0 Å². The molecule has 1 aromatic carbocycles. The number of hydrogen-bond acceptors (Lipinski definition) is 3. The Balaban J connectivity index is 2.78. The van der Waals surface area contributed by atoms with Crippen molar-refractivity contribution in [2.45, 2.75) is 33.7 Å². The van der Waals surface area contributed by atoms with Crippen LogP contribution in [0.3, 0.4) is 0 Å². The van der Waals surface area contributed by atoms with Crippen LogP contribution in [0.25, 0.3) is 0 Å². The third kappa shape index (κ3) is 5.22. The summed E-state index contributed by atoms with van der Waals surface area (Å²) in [7, 11) is 0. The summed E-state index contributed by atoms with van der Waals surface area (Å²) in [5.74, 6) is -0.377. The molecule has 0 aliphatic rings. The summed E-state index contributed by atoms with van der Waals surface area (Å²) in [6.45, 7) is 8.37. The van der Waals surface area contributed by atoms with Gasteiger partial charge in [0.05, 0.1) is 6.42 Å². The van der Waals surface area contributed by atoms with Crippen LogP contribution in [0.1, 0.15) is 32.8 Å². The predicted octanol–water partition coefficient (Wildman–Crippen LogP) is 2.45. The average molecular weight is 262 g/mol. The Bertz CT molecular complexity index is 440. The summed E-state index contributed by atoms with van der Waals surface area (Å²) in [5.41, 5.74) is 1.86. The van der Waals surface area contributed by atoms with Crippen molar-refractivity contribution in [2.24, 2.45) is 0 Å². The van der Waals surface area contributed by atoms with Gasteiger partial charge < -0.3 is 5.32 Å². The Morgan fingerprint density at radius 3 is 2.37 bits per heavy atom. The lowest BCUT2D eigenvalue weighted by atomic mass is 10.1. The quantitative estimate of drug-likeness (QED) is 0.768. The lowest BCUT2D eigenvalue weighted by Crippen LogP contribution is -2.23. The molecule has 0 spiro atoms. The fraction of sp³-hybridized carbons (Fsp3) is 0.467. The highest BCUT2D eigenvalue weighted by Crippen LogP contribution is 2.17. The molecule has 4 heteroatoms. The van der Waals surface area contributed by atoms with E-state index < -0.39 is 0 Å². The van der Waals surface area contributed by atoms with Crippen LogP contribution in [0.2, 0.25) is 0 Å². The van der Waals surface area contributed by atoms with Gasteiger partial charge in [0.2, 0.25) is 5.91 Å². The molecule has 0 radical (unpaired) electrons. The van der Waals surface area contributed by atoms with Crippen molar-refractivity contribution in [1.29, 1.82) is 0 Å². The molecule has 0 fully saturated rings. The zero-order valence-corrected chi connectivity index (χ0v) is 11.9. The zero-order chi connectivity index (χ0) is 14.3. The van der Waals surface area contributed by atoms with E-state index in [1.807, 2.05) is 24.3 Å². The monoisotopic (exact) mass is 262 g/mol. The molecule has 0 aliphatic heterocycles. The van der Waals surface area contributed by atoms with E-state index in [0.717, 1.165) is 30.9 Å². The molecule has 1 N–H and O–H groups in total. The Labute approximate surface area is 114 Å². The van der Waals surface area contributed by atoms with Crippen LogP contribution in [0.4, 0.5) is 5.69 Å². The number of ketones is 1. The lowest BCUT2D eigenvalue weighted by molar-refractivity contribution is -0.124. The Kier molecular flexibility index (Phi) is 6.22. The third-order valence-electron chi connectivity index (χ3n) is 2.99. The molecule has 0 atom stereocenters. The van der Waals surface area contributed by atoms with Crippen molar-refractivity contribution >= 4 is 17.4 Å². The van der Waals surface area contributed by atoms with Gasteiger partial charge in [-0.1, -0.05) is 32.0 Å². The Hall–Kier alpha value is -1.68. The average Bonchev–Trinajstić information content (AvgIpc) is 2.36. The molecular weight excluding hydrogens is 240 g/mol. The number of nitrogens with zero attached hydrogens (tertiary/aromatic N) is 1. The molecule has 0 saturated carbocycles. The van der Waals surface area contributed by atoms with Gasteiger partial charge in [-0.15, -0.1) is 0 Å². The number of hydrogen-bond donors (Lipinski definition) is 1. The van der Waals surface area contributed by atoms with Crippen LogP contribution >= 0.6 is 0 Å². The van der Waals surface area contributed by atoms with Gasteiger partial charge >= 0.3 is 0 Å². The van der Waals surface area contributed by atoms with E-state index in [0.29, 0.717) is 0 Å². The molecule has 0 heterocycles. The number of benzene rings is 1. The predicted molar refractivity (Wildman–Crippen MR) is 77.0 cm³/mol. The van der Waals surface area contributed by atoms with E-state index >= 15 is 0 Å². The highest BCUT2D eigenvalue weighted by atomic mass is 16.2. The number of carbonyl (C=O) groups excluding carboxylic acids is 2. The fourth-order valence-electron chi connectivity index (χ4n) is 1.89. The summed E-state index contributed by atoms with van der Waals surface area (Å²) in [5, 5.41) is 2.81. The van der Waals surface area contributed by atoms with E-state index in [2.05, 4.69) is 24.1 Å². The molecule has 1 rings (SSSR count). The lowest BCUT2D eigenvalue weighted by Gasteiger charge is -2.20. The zero-order valence-electron chi connectivity index (χ0n) is 11.9. The second-order valence-electron chi connectivity index (χ2n) is 4.55. The van der Waals surface area contributed by atoms with Crippen LogP contribution in [0.5, 0.6) is 0 Å². The van der Waals surface area contributed by atoms with Crippen molar-refractivity contribution in [3.8, 4) is 0 Å². The maximum Gasteiger partial charge on any atom is 0.231 e. The van der Waals surface area contributed by atoms with Gasteiger partial charge in [0.1, 0.15) is 5.78 Å². The summed E-state index contributed by atoms with van der Waals surface area (Å²) in [4.78, 5) is 24.9. The number of carbonyl (C=O) groups is 2. The van der Waals surface area contributed by atoms with Gasteiger partial charge in [0.15, 0.2) is 0 Å². The topological polar surface area (TPSA) is 49.4 Å². The van der Waals surface area contributed by atoms with Gasteiger partial charge in [-0.2, -0.15) is 0 Å². The first-order valence-electron chi connectivity index (χ1n) is 6.66. The molecule has 0 bridgehead atoms. The molecule has 104 valence electrons. The highest BCUT2D eigenvalue weighted by Gasteiger charge is 2.10. The minimum Gasteiger partial charge on any atom is -0.325 e. The van der Waals surface area contributed by atoms with E-state index in [1.54, 1.807) is 0 Å². The summed E-state index contributed by atoms with van der Waals surface area (Å²) in [6, 6.07) is 7.72. The van der Waals surface area contributed by atoms with Crippen LogP contribution in [-0.4, -0.2) is 29.7 Å². The second kappa shape index (κ2) is 7.69. The van der Waals surface area contributed by atoms with Crippen molar-refractivity contribution in [2.75, 3.05) is 18.4 Å². The van der Waals surface area contributed by atoms with Gasteiger partial charge in [0.25, 0.3) is 0 Å². The van der Waals surface area contributed by atoms with Gasteiger partial charge in [0, 0.05) is 12.2 Å². The molecule has 1 amide bonds. The van der Waals surface area contributed by atoms with E-state index in [-0.39, 0.29) is 18.1 Å². The van der Waals surface area contributed by atoms with Gasteiger partial charge in [-0.25, -0.2) is 0 Å². The first-order chi connectivity index (χ1) is 9.06. The molecule has 0 aromatic heterocycles. The van der Waals surface area contributed by atoms with Crippen molar-refractivity contribution in [3.05, 3.63) is 29.8 Å². The molecular formula is C15H22N2O2. The standard InChI is InChI=1S/C15H22N2O2/c1-4-17(5-2)11-13-8-6-7-9-14(13)16-15(19)10-12(3)18/h6-9H,4-5,10-11H2,1-3H3,(H,16,19). The Morgan fingerprint density at radius 2 is 1.79 bits per heavy atom. The normalized spacial score (nSPS) is 10.5. The maximum absolute atomic E-state index is 11.7. The molecule has 4 nitrogen and oxygen atoms in total. The van der Waals surface area contributed by atoms with Crippen LogP contribution < -0.4 is 5.32 Å². The summed E-state index contributed by atoms with van der Waals surface area (Å²) < 4.78 is 0. The van der Waals surface area contributed by atoms with E-state index in [1.165, 1.54) is 6.92 Å². The van der Waals surface area contributed by atoms with Crippen molar-refractivity contribution < 1.29 is 9.59 Å². The Morgan fingerprint density at radius 1 is 1.16 bits per heavy atom. The van der Waals surface area contributed by atoms with E-state index in [4.69, 9.17) is 0 Å². The summed E-state index contributed by atoms with van der Waals surface area (Å²) in [6.07, 6.45) is -0.0698. The summed E-state index contributed by atoms with van der Waals surface area (Å²) >= 11 is 0. The maximum atomic E-state index is 11.7. The minimum absolute atomic E-state index is 0.0698. The first-order valence-corrected chi connectivity index (χ1v) is 6.66. The second-order valence-corrected chi connectivity index (χ2v) is 4.55. The molecule has 0 saturated heterocycles. The van der Waals surface area contributed by atoms with Crippen molar-refractivity contribution in [1.82, 2.24) is 4.90 Å². The third-order valence-corrected chi connectivity index (χ3v) is 2.99. The van der Waals surface area contributed by atoms with E-state index in [9.17, 15) is 9.59 Å². The largest absolute Gasteiger partial charge is 0.325 e. The molecule has 0 unspecified atom stereocenters. The smallest absolute Gasteiger partial charge is 0.231 e. The number of amides is 1. The molecule has 0 aliphatic carbocycles. The SMILES string of the molecule is CCN(CC)Cc1ccccc1NC(=O)CC(C)=O. The van der Waals surface area contributed by atoms with Crippen LogP contribution in [0.15, 0.2) is 24.3 Å². The van der Waals surface area contributed by atoms with Crippen molar-refractivity contribution in [3.63, 3.8) is 0 Å². The minimum atomic E-state index is -0.250. The molecule has 1 aromatic rings. The van der Waals surface area contributed by atoms with Gasteiger partial charge in [-0.3, -0.25) is 14.5 Å².